The van der Waals surface area contributed by atoms with Gasteiger partial charge < -0.3 is 14.6 Å². The number of carboxylic acid groups (broad SMARTS) is 1. The highest BCUT2D eigenvalue weighted by atomic mass is 35.5. The molecular weight excluding hydrogens is 354 g/mol. The highest BCUT2D eigenvalue weighted by Crippen LogP contribution is 2.16. The molecule has 0 saturated carbocycles. The Morgan fingerprint density at radius 2 is 2.00 bits per heavy atom. The van der Waals surface area contributed by atoms with Crippen molar-refractivity contribution in [2.45, 2.75) is 31.1 Å². The Balaban J connectivity index is 0.00000288. The van der Waals surface area contributed by atoms with Gasteiger partial charge in [-0.15, -0.1) is 12.4 Å². The van der Waals surface area contributed by atoms with Crippen LogP contribution in [0.2, 0.25) is 0 Å². The molecule has 2 heterocycles. The zero-order valence-corrected chi connectivity index (χ0v) is 15.7. The number of carbonyl (C=O) groups is 1. The number of nitrogens with zero attached hydrogens (tertiary/aromatic N) is 2. The third kappa shape index (κ3) is 5.47. The van der Waals surface area contributed by atoms with Crippen molar-refractivity contribution in [3.8, 4) is 0 Å². The molecule has 24 heavy (non-hydrogen) atoms. The number of aryl methyl sites for hydroxylation is 1. The monoisotopic (exact) mass is 379 g/mol. The average molecular weight is 380 g/mol. The highest BCUT2D eigenvalue weighted by Gasteiger charge is 2.20. The SMILES string of the molecule is CC1CCN(CCCNS(=O)(=O)c2cc(C(=O)O)n(C)c2)CC1.Cl. The predicted octanol–water partition coefficient (Wildman–Crippen LogP) is 1.55. The molecule has 0 bridgehead atoms. The van der Waals surface area contributed by atoms with E-state index in [2.05, 4.69) is 16.5 Å². The van der Waals surface area contributed by atoms with E-state index in [4.69, 9.17) is 5.11 Å². The summed E-state index contributed by atoms with van der Waals surface area (Å²) in [7, 11) is -2.15. The molecule has 2 N–H and O–H groups in total. The van der Waals surface area contributed by atoms with Crippen molar-refractivity contribution in [2.75, 3.05) is 26.2 Å². The van der Waals surface area contributed by atoms with Gasteiger partial charge in [0.2, 0.25) is 10.0 Å². The number of sulfonamides is 1. The minimum atomic E-state index is -3.66. The number of aromatic nitrogens is 1. The van der Waals surface area contributed by atoms with Gasteiger partial charge in [-0.25, -0.2) is 17.9 Å². The number of nitrogens with one attached hydrogen (secondary N) is 1. The molecule has 1 aliphatic rings. The van der Waals surface area contributed by atoms with Crippen molar-refractivity contribution in [2.24, 2.45) is 13.0 Å². The fourth-order valence-corrected chi connectivity index (χ4v) is 3.92. The molecule has 0 atom stereocenters. The molecule has 9 heteroatoms. The Hall–Kier alpha value is -1.09. The smallest absolute Gasteiger partial charge is 0.352 e. The first-order valence-corrected chi connectivity index (χ1v) is 9.39. The normalized spacial score (nSPS) is 16.8. The van der Waals surface area contributed by atoms with Crippen molar-refractivity contribution in [3.05, 3.63) is 18.0 Å². The summed E-state index contributed by atoms with van der Waals surface area (Å²) in [5, 5.41) is 8.98. The van der Waals surface area contributed by atoms with Gasteiger partial charge in [-0.2, -0.15) is 0 Å². The van der Waals surface area contributed by atoms with E-state index >= 15 is 0 Å². The highest BCUT2D eigenvalue weighted by molar-refractivity contribution is 7.89. The van der Waals surface area contributed by atoms with E-state index in [1.807, 2.05) is 0 Å². The largest absolute Gasteiger partial charge is 0.477 e. The first-order valence-electron chi connectivity index (χ1n) is 7.91. The molecule has 1 aromatic heterocycles. The molecule has 1 fully saturated rings. The molecule has 0 amide bonds. The summed E-state index contributed by atoms with van der Waals surface area (Å²) in [6.45, 7) is 5.65. The summed E-state index contributed by atoms with van der Waals surface area (Å²) < 4.78 is 28.2. The molecule has 0 unspecified atom stereocenters. The number of rotatable bonds is 7. The zero-order chi connectivity index (χ0) is 17.0. The Bertz CT molecular complexity index is 652. The topological polar surface area (TPSA) is 91.6 Å². The van der Waals surface area contributed by atoms with Crippen LogP contribution in [0.3, 0.4) is 0 Å². The zero-order valence-electron chi connectivity index (χ0n) is 14.1. The third-order valence-corrected chi connectivity index (χ3v) is 5.76. The lowest BCUT2D eigenvalue weighted by Gasteiger charge is -2.30. The standard InChI is InChI=1S/C15H25N3O4S.ClH/c1-12-4-8-18(9-5-12)7-3-6-16-23(21,22)13-10-14(15(19)20)17(2)11-13;/h10-12,16H,3-9H2,1-2H3,(H,19,20);1H. The molecular formula is C15H26ClN3O4S. The molecule has 0 aliphatic carbocycles. The van der Waals surface area contributed by atoms with E-state index in [9.17, 15) is 13.2 Å². The summed E-state index contributed by atoms with van der Waals surface area (Å²) in [5.41, 5.74) is -0.0483. The van der Waals surface area contributed by atoms with Crippen LogP contribution in [0, 0.1) is 5.92 Å². The molecule has 0 spiro atoms. The number of hydrogen-bond acceptors (Lipinski definition) is 4. The lowest BCUT2D eigenvalue weighted by atomic mass is 9.99. The van der Waals surface area contributed by atoms with Crippen LogP contribution in [-0.2, 0) is 17.1 Å². The van der Waals surface area contributed by atoms with E-state index in [-0.39, 0.29) is 23.0 Å². The van der Waals surface area contributed by atoms with Gasteiger partial charge in [-0.05, 0) is 50.9 Å². The van der Waals surface area contributed by atoms with Crippen molar-refractivity contribution in [1.29, 1.82) is 0 Å². The van der Waals surface area contributed by atoms with Crippen molar-refractivity contribution < 1.29 is 18.3 Å². The van der Waals surface area contributed by atoms with Gasteiger partial charge >= 0.3 is 5.97 Å². The van der Waals surface area contributed by atoms with E-state index in [1.54, 1.807) is 0 Å². The first-order chi connectivity index (χ1) is 10.8. The van der Waals surface area contributed by atoms with Gasteiger partial charge in [0.05, 0.1) is 0 Å². The molecule has 2 rings (SSSR count). The summed E-state index contributed by atoms with van der Waals surface area (Å²) in [6, 6.07) is 1.18. The van der Waals surface area contributed by atoms with Gasteiger partial charge in [0.1, 0.15) is 10.6 Å². The van der Waals surface area contributed by atoms with Crippen LogP contribution < -0.4 is 4.72 Å². The van der Waals surface area contributed by atoms with Gasteiger partial charge in [-0.1, -0.05) is 6.92 Å². The number of halogens is 1. The van der Waals surface area contributed by atoms with Crippen LogP contribution in [0.25, 0.3) is 0 Å². The minimum absolute atomic E-state index is 0. The fraction of sp³-hybridized carbons (Fsp3) is 0.667. The van der Waals surface area contributed by atoms with Crippen molar-refractivity contribution in [1.82, 2.24) is 14.2 Å². The third-order valence-electron chi connectivity index (χ3n) is 4.33. The second-order valence-corrected chi connectivity index (χ2v) is 8.02. The number of aromatic carboxylic acids is 1. The lowest BCUT2D eigenvalue weighted by Crippen LogP contribution is -2.35. The average Bonchev–Trinajstić information content (AvgIpc) is 2.88. The minimum Gasteiger partial charge on any atom is -0.477 e. The Kier molecular flexibility index (Phi) is 7.72. The summed E-state index contributed by atoms with van der Waals surface area (Å²) in [4.78, 5) is 13.3. The Labute approximate surface area is 149 Å². The summed E-state index contributed by atoms with van der Waals surface area (Å²) in [5.74, 6) is -0.362. The molecule has 7 nitrogen and oxygen atoms in total. The van der Waals surface area contributed by atoms with E-state index in [0.29, 0.717) is 6.54 Å². The predicted molar refractivity (Wildman–Crippen MR) is 94.3 cm³/mol. The van der Waals surface area contributed by atoms with Gasteiger partial charge in [0, 0.05) is 19.8 Å². The number of piperidine rings is 1. The molecule has 1 aliphatic heterocycles. The second-order valence-electron chi connectivity index (χ2n) is 6.25. The van der Waals surface area contributed by atoms with Crippen LogP contribution in [-0.4, -0.2) is 55.1 Å². The summed E-state index contributed by atoms with van der Waals surface area (Å²) in [6.07, 6.45) is 4.46. The number of hydrogen-bond donors (Lipinski definition) is 2. The maximum atomic E-state index is 12.2. The lowest BCUT2D eigenvalue weighted by molar-refractivity contribution is 0.0686. The Morgan fingerprint density at radius 3 is 2.54 bits per heavy atom. The Morgan fingerprint density at radius 1 is 1.38 bits per heavy atom. The fourth-order valence-electron chi connectivity index (χ4n) is 2.77. The molecule has 1 aromatic rings. The van der Waals surface area contributed by atoms with Crippen LogP contribution in [0.1, 0.15) is 36.7 Å². The van der Waals surface area contributed by atoms with Crippen molar-refractivity contribution in [3.63, 3.8) is 0 Å². The maximum absolute atomic E-state index is 12.2. The molecule has 1 saturated heterocycles. The van der Waals surface area contributed by atoms with E-state index in [1.165, 1.54) is 36.7 Å². The van der Waals surface area contributed by atoms with Crippen LogP contribution in [0.15, 0.2) is 17.2 Å². The first kappa shape index (κ1) is 21.0. The summed E-state index contributed by atoms with van der Waals surface area (Å²) >= 11 is 0. The number of likely N-dealkylation sites (tertiary alicyclic amines) is 1. The number of carboxylic acids is 1. The van der Waals surface area contributed by atoms with Crippen LogP contribution >= 0.6 is 12.4 Å². The van der Waals surface area contributed by atoms with E-state index in [0.717, 1.165) is 32.0 Å². The quantitative estimate of drug-likeness (QED) is 0.701. The molecule has 0 radical (unpaired) electrons. The second kappa shape index (κ2) is 8.84. The van der Waals surface area contributed by atoms with E-state index < -0.39 is 16.0 Å². The molecule has 138 valence electrons. The van der Waals surface area contributed by atoms with Gasteiger partial charge in [0.25, 0.3) is 0 Å². The van der Waals surface area contributed by atoms with Crippen LogP contribution in [0.4, 0.5) is 0 Å². The van der Waals surface area contributed by atoms with Crippen LogP contribution in [0.5, 0.6) is 0 Å². The van der Waals surface area contributed by atoms with Gasteiger partial charge in [0.15, 0.2) is 0 Å². The van der Waals surface area contributed by atoms with Crippen molar-refractivity contribution >= 4 is 28.4 Å². The van der Waals surface area contributed by atoms with Gasteiger partial charge in [-0.3, -0.25) is 0 Å². The molecule has 0 aromatic carbocycles. The maximum Gasteiger partial charge on any atom is 0.352 e.